The van der Waals surface area contributed by atoms with Crippen LogP contribution in [-0.4, -0.2) is 267 Å². The smallest absolute Gasteiger partial charge is 0.322 e. The molecule has 0 bridgehead atoms. The zero-order valence-corrected chi connectivity index (χ0v) is 67.0. The van der Waals surface area contributed by atoms with Gasteiger partial charge in [-0.05, 0) is 113 Å². The lowest BCUT2D eigenvalue weighted by Crippen LogP contribution is -2.61. The summed E-state index contributed by atoms with van der Waals surface area (Å²) < 4.78 is 0. The number of benzene rings is 1. The lowest BCUT2D eigenvalue weighted by Gasteiger charge is -2.31. The van der Waals surface area contributed by atoms with Gasteiger partial charge in [0.2, 0.25) is 94.5 Å². The highest BCUT2D eigenvalue weighted by molar-refractivity contribution is 7.98. The first-order valence-electron chi connectivity index (χ1n) is 37.5. The summed E-state index contributed by atoms with van der Waals surface area (Å²) >= 11 is 1.45. The average Bonchev–Trinajstić information content (AvgIpc) is 1.63. The Labute approximate surface area is 664 Å². The monoisotopic (exact) mass is 1630 g/mol. The molecule has 114 heavy (non-hydrogen) atoms. The standard InChI is InChI=1S/C72H116N18O23S/c1-35(2)26-44(62(103)76-33-53(94)81-45(27-36(3)4)64(105)83-46(28-41-18-13-12-14-19-41)65(106)84-49(31-55(97)98)67(108)89-59(40(10)91)71(112)79-39(9)60(101)78-34-56(99)100)82-66(107)47(29-51(75)92)85-70(111)58(38(7)8)88-68(109)50-21-17-24-90(50)72(113)43(20-15-16-23-73)80-52(93)32-77-63(104)48(30-54(95)96)86-69(110)57(37(5)6)87-61(102)42(74)22-25-114-11/h12-14,18-19,35-40,42-50,57-59,91H,15-17,20-34,73-74H2,1-11H3,(H2,75,92)(H,76,103)(H,77,104)(H,78,101)(H,79,112)(H,80,93)(H,81,94)(H,82,107)(H,83,105)(H,84,106)(H,85,111)(H,86,110)(H,87,102)(H,88,109)(H,89,108)(H,95,96)(H,97,98)(H,99,100). The van der Waals surface area contributed by atoms with Gasteiger partial charge >= 0.3 is 17.9 Å². The summed E-state index contributed by atoms with van der Waals surface area (Å²) in [6.07, 6.45) is -1.91. The van der Waals surface area contributed by atoms with E-state index in [4.69, 9.17) is 22.3 Å². The van der Waals surface area contributed by atoms with Gasteiger partial charge in [-0.15, -0.1) is 0 Å². The summed E-state index contributed by atoms with van der Waals surface area (Å²) in [5, 5.41) is 72.2. The number of thioether (sulfide) groups is 1. The number of hydrogen-bond acceptors (Lipinski definition) is 23. The number of hydrogen-bond donors (Lipinski definition) is 21. The molecule has 638 valence electrons. The van der Waals surface area contributed by atoms with Crippen molar-refractivity contribution in [2.24, 2.45) is 40.9 Å². The summed E-state index contributed by atoms with van der Waals surface area (Å²) in [4.78, 5) is 255. The highest BCUT2D eigenvalue weighted by atomic mass is 32.2. The van der Waals surface area contributed by atoms with Gasteiger partial charge in [-0.25, -0.2) is 0 Å². The van der Waals surface area contributed by atoms with Crippen LogP contribution in [0.25, 0.3) is 0 Å². The molecule has 2 rings (SSSR count). The lowest BCUT2D eigenvalue weighted by molar-refractivity contribution is -0.143. The minimum Gasteiger partial charge on any atom is -0.481 e. The van der Waals surface area contributed by atoms with Gasteiger partial charge in [0.15, 0.2) is 0 Å². The first-order valence-corrected chi connectivity index (χ1v) is 38.9. The van der Waals surface area contributed by atoms with Crippen LogP contribution < -0.4 is 91.6 Å². The number of aliphatic hydroxyl groups is 1. The third kappa shape index (κ3) is 36.5. The van der Waals surface area contributed by atoms with Crippen LogP contribution in [0.4, 0.5) is 0 Å². The van der Waals surface area contributed by atoms with Crippen LogP contribution in [0.5, 0.6) is 0 Å². The molecule has 1 aromatic carbocycles. The molecular weight excluding hydrogens is 1520 g/mol. The number of unbranched alkanes of at least 4 members (excludes halogenated alkanes) is 1. The van der Waals surface area contributed by atoms with E-state index in [0.717, 1.165) is 6.92 Å². The highest BCUT2D eigenvalue weighted by Crippen LogP contribution is 2.22. The lowest BCUT2D eigenvalue weighted by atomic mass is 10.0. The summed E-state index contributed by atoms with van der Waals surface area (Å²) in [7, 11) is 0. The molecule has 0 radical (unpaired) electrons. The van der Waals surface area contributed by atoms with E-state index >= 15 is 0 Å². The zero-order valence-electron chi connectivity index (χ0n) is 66.1. The Kier molecular flexibility index (Phi) is 44.0. The van der Waals surface area contributed by atoms with E-state index in [1.807, 2.05) is 11.6 Å². The fourth-order valence-electron chi connectivity index (χ4n) is 11.6. The van der Waals surface area contributed by atoms with Crippen molar-refractivity contribution in [1.82, 2.24) is 79.3 Å². The molecule has 1 aromatic rings. The van der Waals surface area contributed by atoms with Gasteiger partial charge in [0.25, 0.3) is 0 Å². The van der Waals surface area contributed by atoms with Crippen molar-refractivity contribution in [1.29, 1.82) is 0 Å². The third-order valence-electron chi connectivity index (χ3n) is 17.6. The maximum atomic E-state index is 14.4. The van der Waals surface area contributed by atoms with E-state index in [-0.39, 0.29) is 63.5 Å². The number of nitrogens with zero attached hydrogens (tertiary/aromatic N) is 1. The number of carbonyl (C=O) groups is 19. The normalized spacial score (nSPS) is 15.9. The Bertz CT molecular complexity index is 3520. The number of aliphatic hydroxyl groups excluding tert-OH is 1. The van der Waals surface area contributed by atoms with E-state index < -0.39 is 248 Å². The largest absolute Gasteiger partial charge is 0.481 e. The van der Waals surface area contributed by atoms with E-state index in [1.165, 1.54) is 37.4 Å². The highest BCUT2D eigenvalue weighted by Gasteiger charge is 2.42. The van der Waals surface area contributed by atoms with Gasteiger partial charge in [0.05, 0.1) is 44.5 Å². The predicted molar refractivity (Wildman–Crippen MR) is 411 cm³/mol. The molecule has 1 saturated heterocycles. The fourth-order valence-corrected chi connectivity index (χ4v) is 12.1. The number of likely N-dealkylation sites (tertiary alicyclic amines) is 1. The molecule has 1 aliphatic heterocycles. The van der Waals surface area contributed by atoms with E-state index in [0.29, 0.717) is 30.6 Å². The van der Waals surface area contributed by atoms with Crippen LogP contribution in [0.15, 0.2) is 30.3 Å². The van der Waals surface area contributed by atoms with E-state index in [2.05, 4.69) is 69.1 Å². The Morgan fingerprint density at radius 2 is 0.912 bits per heavy atom. The number of aliphatic carboxylic acids is 3. The van der Waals surface area contributed by atoms with Gasteiger partial charge in [-0.1, -0.05) is 85.7 Å². The van der Waals surface area contributed by atoms with Crippen molar-refractivity contribution in [2.45, 2.75) is 231 Å². The molecule has 0 aliphatic carbocycles. The van der Waals surface area contributed by atoms with Crippen molar-refractivity contribution < 1.29 is 112 Å². The van der Waals surface area contributed by atoms with Crippen LogP contribution >= 0.6 is 11.8 Å². The molecule has 0 saturated carbocycles. The number of nitrogens with two attached hydrogens (primary N) is 3. The Morgan fingerprint density at radius 3 is 1.41 bits per heavy atom. The van der Waals surface area contributed by atoms with Crippen LogP contribution in [0.3, 0.4) is 0 Å². The molecule has 14 unspecified atom stereocenters. The summed E-state index contributed by atoms with van der Waals surface area (Å²) in [6, 6.07) is -11.5. The van der Waals surface area contributed by atoms with Crippen molar-refractivity contribution in [3.63, 3.8) is 0 Å². The molecular formula is C72H116N18O23S. The second-order valence-corrected chi connectivity index (χ2v) is 30.2. The zero-order chi connectivity index (χ0) is 86.4. The van der Waals surface area contributed by atoms with Crippen molar-refractivity contribution in [2.75, 3.05) is 44.7 Å². The predicted octanol–water partition coefficient (Wildman–Crippen LogP) is -6.17. The first-order chi connectivity index (χ1) is 53.4. The molecule has 1 heterocycles. The maximum absolute atomic E-state index is 14.4. The van der Waals surface area contributed by atoms with Crippen molar-refractivity contribution in [3.8, 4) is 0 Å². The summed E-state index contributed by atoms with van der Waals surface area (Å²) in [5.41, 5.74) is 17.7. The van der Waals surface area contributed by atoms with Gasteiger partial charge in [0.1, 0.15) is 79.0 Å². The summed E-state index contributed by atoms with van der Waals surface area (Å²) in [5.74, 6) is -21.7. The van der Waals surface area contributed by atoms with Crippen LogP contribution in [0.1, 0.15) is 145 Å². The number of carboxylic acid groups (broad SMARTS) is 3. The molecule has 1 fully saturated rings. The Morgan fingerprint density at radius 1 is 0.474 bits per heavy atom. The first kappa shape index (κ1) is 99.5. The van der Waals surface area contributed by atoms with Crippen molar-refractivity contribution in [3.05, 3.63) is 35.9 Å². The van der Waals surface area contributed by atoms with Gasteiger partial charge in [-0.3, -0.25) is 91.1 Å². The average molecular weight is 1630 g/mol. The fraction of sp³-hybridized carbons (Fsp3) is 0.653. The topological polar surface area (TPSA) is 655 Å². The number of rotatable bonds is 52. The van der Waals surface area contributed by atoms with Crippen molar-refractivity contribution >= 4 is 124 Å². The second kappa shape index (κ2) is 50.5. The van der Waals surface area contributed by atoms with Gasteiger partial charge in [0, 0.05) is 13.0 Å². The number of primary amides is 1. The number of carboxylic acids is 3. The molecule has 42 heteroatoms. The quantitative estimate of drug-likeness (QED) is 0.0270. The third-order valence-corrected chi connectivity index (χ3v) is 18.3. The molecule has 1 aliphatic rings. The van der Waals surface area contributed by atoms with E-state index in [1.54, 1.807) is 71.9 Å². The van der Waals surface area contributed by atoms with Crippen LogP contribution in [-0.2, 0) is 97.5 Å². The minimum absolute atomic E-state index is 0.000686. The minimum atomic E-state index is -1.99. The number of carbonyl (C=O) groups excluding carboxylic acids is 16. The molecule has 0 aromatic heterocycles. The van der Waals surface area contributed by atoms with Crippen LogP contribution in [0, 0.1) is 23.7 Å². The summed E-state index contributed by atoms with van der Waals surface area (Å²) in [6.45, 7) is 13.0. The second-order valence-electron chi connectivity index (χ2n) is 29.2. The molecule has 14 atom stereocenters. The number of amides is 16. The SMILES string of the molecule is CSCCC(N)C(=O)NC(C(=O)NC(CC(=O)O)C(=O)NCC(=O)NC(CCCCN)C(=O)N1CCCC1C(=O)NC(C(=O)NC(CC(N)=O)C(=O)NC(CC(C)C)C(=O)NCC(=O)NC(CC(C)C)C(=O)NC(Cc1ccccc1)C(=O)NC(CC(=O)O)C(=O)NC(C(=O)NC(C)C(=O)NCC(=O)O)C(C)O)C(C)C)C(C)C. The Hall–Kier alpha value is -10.6. The molecule has 24 N–H and O–H groups in total. The van der Waals surface area contributed by atoms with Gasteiger partial charge in [-0.2, -0.15) is 11.8 Å². The molecule has 41 nitrogen and oxygen atoms in total. The number of nitrogens with one attached hydrogen (secondary N) is 14. The van der Waals surface area contributed by atoms with Gasteiger partial charge < -0.3 is 117 Å². The van der Waals surface area contributed by atoms with E-state index in [9.17, 15) is 106 Å². The molecule has 0 spiro atoms. The molecule has 16 amide bonds. The maximum Gasteiger partial charge on any atom is 0.322 e. The Balaban J connectivity index is 2.33. The van der Waals surface area contributed by atoms with Crippen LogP contribution in [0.2, 0.25) is 0 Å².